The van der Waals surface area contributed by atoms with Crippen molar-refractivity contribution < 1.29 is 17.9 Å². The van der Waals surface area contributed by atoms with Crippen molar-refractivity contribution in [2.75, 3.05) is 23.0 Å². The van der Waals surface area contributed by atoms with Crippen molar-refractivity contribution >= 4 is 27.3 Å². The van der Waals surface area contributed by atoms with Gasteiger partial charge in [0, 0.05) is 12.8 Å². The molecule has 0 fully saturated rings. The largest absolute Gasteiger partial charge is 0.380 e. The average molecular weight is 376 g/mol. The molecule has 0 saturated carbocycles. The normalized spacial score (nSPS) is 12.4. The van der Waals surface area contributed by atoms with Crippen LogP contribution in [0.2, 0.25) is 0 Å². The Balaban J connectivity index is 2.30. The van der Waals surface area contributed by atoms with Crippen LogP contribution in [0.15, 0.2) is 54.6 Å². The summed E-state index contributed by atoms with van der Waals surface area (Å²) in [6, 6.07) is 15.1. The maximum Gasteiger partial charge on any atom is 0.248 e. The second-order valence-corrected chi connectivity index (χ2v) is 7.80. The standard InChI is InChI=1S/C19H24N2O4S/c1-4-18(21(26(3,23)24)17-11-6-5-7-12-17)19(22)20-16-10-8-9-15(13-16)14-25-2/h5-13,18H,4,14H2,1-3H3,(H,20,22)/t18-/m1/s1. The van der Waals surface area contributed by atoms with Crippen LogP contribution < -0.4 is 9.62 Å². The fourth-order valence-corrected chi connectivity index (χ4v) is 3.98. The highest BCUT2D eigenvalue weighted by Gasteiger charge is 2.31. The number of rotatable bonds is 8. The van der Waals surface area contributed by atoms with Gasteiger partial charge in [0.1, 0.15) is 6.04 Å². The SMILES string of the molecule is CC[C@H](C(=O)Nc1cccc(COC)c1)N(c1ccccc1)S(C)(=O)=O. The van der Waals surface area contributed by atoms with Gasteiger partial charge in [-0.25, -0.2) is 8.42 Å². The van der Waals surface area contributed by atoms with Gasteiger partial charge in [0.2, 0.25) is 15.9 Å². The number of sulfonamides is 1. The number of hydrogen-bond donors (Lipinski definition) is 1. The zero-order chi connectivity index (χ0) is 19.2. The van der Waals surface area contributed by atoms with E-state index in [-0.39, 0.29) is 5.91 Å². The number of methoxy groups -OCH3 is 1. The van der Waals surface area contributed by atoms with Gasteiger partial charge in [-0.3, -0.25) is 9.10 Å². The summed E-state index contributed by atoms with van der Waals surface area (Å²) in [4.78, 5) is 12.8. The van der Waals surface area contributed by atoms with Crippen molar-refractivity contribution in [1.82, 2.24) is 0 Å². The molecule has 0 aliphatic carbocycles. The van der Waals surface area contributed by atoms with Crippen LogP contribution in [-0.4, -0.2) is 33.7 Å². The molecule has 0 aromatic heterocycles. The van der Waals surface area contributed by atoms with Crippen molar-refractivity contribution in [3.8, 4) is 0 Å². The molecule has 2 rings (SSSR count). The number of carbonyl (C=O) groups is 1. The second kappa shape index (κ2) is 8.82. The lowest BCUT2D eigenvalue weighted by Gasteiger charge is -2.30. The Labute approximate surface area is 154 Å². The first-order valence-electron chi connectivity index (χ1n) is 8.30. The summed E-state index contributed by atoms with van der Waals surface area (Å²) in [7, 11) is -2.03. The fraction of sp³-hybridized carbons (Fsp3) is 0.316. The Hall–Kier alpha value is -2.38. The summed E-state index contributed by atoms with van der Waals surface area (Å²) in [5.74, 6) is -0.378. The van der Waals surface area contributed by atoms with Crippen molar-refractivity contribution in [2.45, 2.75) is 26.0 Å². The molecule has 0 saturated heterocycles. The molecule has 0 aliphatic rings. The van der Waals surface area contributed by atoms with Crippen LogP contribution in [-0.2, 0) is 26.2 Å². The number of para-hydroxylation sites is 1. The van der Waals surface area contributed by atoms with Crippen LogP contribution in [0.3, 0.4) is 0 Å². The monoisotopic (exact) mass is 376 g/mol. The molecule has 1 N–H and O–H groups in total. The number of anilines is 2. The summed E-state index contributed by atoms with van der Waals surface area (Å²) in [6.45, 7) is 2.22. The van der Waals surface area contributed by atoms with Gasteiger partial charge in [-0.05, 0) is 36.2 Å². The second-order valence-electron chi connectivity index (χ2n) is 5.94. The molecule has 2 aromatic carbocycles. The van der Waals surface area contributed by atoms with Crippen molar-refractivity contribution in [3.05, 3.63) is 60.2 Å². The first kappa shape index (κ1) is 19.9. The Morgan fingerprint density at radius 2 is 1.85 bits per heavy atom. The van der Waals surface area contributed by atoms with Crippen LogP contribution in [0.25, 0.3) is 0 Å². The lowest BCUT2D eigenvalue weighted by Crippen LogP contribution is -2.46. The highest BCUT2D eigenvalue weighted by atomic mass is 32.2. The molecule has 0 heterocycles. The number of amides is 1. The topological polar surface area (TPSA) is 75.7 Å². The van der Waals surface area contributed by atoms with Gasteiger partial charge in [-0.1, -0.05) is 37.3 Å². The van der Waals surface area contributed by atoms with Gasteiger partial charge in [0.05, 0.1) is 18.6 Å². The maximum absolute atomic E-state index is 12.8. The van der Waals surface area contributed by atoms with E-state index in [4.69, 9.17) is 4.74 Å². The number of nitrogens with zero attached hydrogens (tertiary/aromatic N) is 1. The van der Waals surface area contributed by atoms with E-state index in [1.807, 2.05) is 12.1 Å². The number of nitrogens with one attached hydrogen (secondary N) is 1. The van der Waals surface area contributed by atoms with Gasteiger partial charge in [0.15, 0.2) is 0 Å². The molecule has 0 bridgehead atoms. The van der Waals surface area contributed by atoms with Crippen LogP contribution in [0.1, 0.15) is 18.9 Å². The van der Waals surface area contributed by atoms with E-state index < -0.39 is 16.1 Å². The lowest BCUT2D eigenvalue weighted by molar-refractivity contribution is -0.117. The summed E-state index contributed by atoms with van der Waals surface area (Å²) >= 11 is 0. The molecule has 1 amide bonds. The number of benzene rings is 2. The van der Waals surface area contributed by atoms with Gasteiger partial charge in [0.25, 0.3) is 0 Å². The molecular weight excluding hydrogens is 352 g/mol. The third-order valence-corrected chi connectivity index (χ3v) is 5.03. The number of carbonyl (C=O) groups excluding carboxylic acids is 1. The van der Waals surface area contributed by atoms with E-state index in [9.17, 15) is 13.2 Å². The Bertz CT molecular complexity index is 838. The highest BCUT2D eigenvalue weighted by Crippen LogP contribution is 2.23. The van der Waals surface area contributed by atoms with Crippen molar-refractivity contribution in [3.63, 3.8) is 0 Å². The maximum atomic E-state index is 12.8. The number of hydrogen-bond acceptors (Lipinski definition) is 4. The number of ether oxygens (including phenoxy) is 1. The Morgan fingerprint density at radius 3 is 2.42 bits per heavy atom. The molecule has 0 radical (unpaired) electrons. The predicted molar refractivity (Wildman–Crippen MR) is 104 cm³/mol. The van der Waals surface area contributed by atoms with E-state index in [0.717, 1.165) is 11.8 Å². The van der Waals surface area contributed by atoms with Gasteiger partial charge in [-0.2, -0.15) is 0 Å². The third-order valence-electron chi connectivity index (χ3n) is 3.85. The van der Waals surface area contributed by atoms with Gasteiger partial charge < -0.3 is 10.1 Å². The minimum Gasteiger partial charge on any atom is -0.380 e. The molecule has 0 unspecified atom stereocenters. The van der Waals surface area contributed by atoms with Gasteiger partial charge in [-0.15, -0.1) is 0 Å². The van der Waals surface area contributed by atoms with Crippen LogP contribution in [0.5, 0.6) is 0 Å². The summed E-state index contributed by atoms with van der Waals surface area (Å²) < 4.78 is 31.0. The zero-order valence-corrected chi connectivity index (χ0v) is 16.0. The third kappa shape index (κ3) is 5.06. The molecular formula is C19H24N2O4S. The summed E-state index contributed by atoms with van der Waals surface area (Å²) in [6.07, 6.45) is 1.45. The molecule has 0 aliphatic heterocycles. The summed E-state index contributed by atoms with van der Waals surface area (Å²) in [5, 5.41) is 2.81. The zero-order valence-electron chi connectivity index (χ0n) is 15.2. The van der Waals surface area contributed by atoms with E-state index in [1.54, 1.807) is 56.5 Å². The Morgan fingerprint density at radius 1 is 1.15 bits per heavy atom. The molecule has 26 heavy (non-hydrogen) atoms. The van der Waals surface area contributed by atoms with E-state index in [1.165, 1.54) is 4.31 Å². The lowest BCUT2D eigenvalue weighted by atomic mass is 10.1. The molecule has 2 aromatic rings. The predicted octanol–water partition coefficient (Wildman–Crippen LogP) is 3.02. The average Bonchev–Trinajstić information content (AvgIpc) is 2.59. The van der Waals surface area contributed by atoms with Crippen molar-refractivity contribution in [1.29, 1.82) is 0 Å². The van der Waals surface area contributed by atoms with E-state index in [0.29, 0.717) is 24.4 Å². The molecule has 1 atom stereocenters. The van der Waals surface area contributed by atoms with Crippen LogP contribution in [0.4, 0.5) is 11.4 Å². The first-order chi connectivity index (χ1) is 12.4. The Kier molecular flexibility index (Phi) is 6.76. The fourth-order valence-electron chi connectivity index (χ4n) is 2.77. The molecule has 0 spiro atoms. The van der Waals surface area contributed by atoms with Crippen LogP contribution >= 0.6 is 0 Å². The minimum atomic E-state index is -3.63. The highest BCUT2D eigenvalue weighted by molar-refractivity contribution is 7.92. The quantitative estimate of drug-likeness (QED) is 0.768. The molecule has 6 nitrogen and oxygen atoms in total. The summed E-state index contributed by atoms with van der Waals surface area (Å²) in [5.41, 5.74) is 1.98. The van der Waals surface area contributed by atoms with Crippen LogP contribution in [0, 0.1) is 0 Å². The minimum absolute atomic E-state index is 0.339. The molecule has 7 heteroatoms. The van der Waals surface area contributed by atoms with Crippen molar-refractivity contribution in [2.24, 2.45) is 0 Å². The van der Waals surface area contributed by atoms with E-state index in [2.05, 4.69) is 5.32 Å². The first-order valence-corrected chi connectivity index (χ1v) is 10.1. The van der Waals surface area contributed by atoms with Gasteiger partial charge >= 0.3 is 0 Å². The smallest absolute Gasteiger partial charge is 0.248 e. The molecule has 140 valence electrons. The van der Waals surface area contributed by atoms with E-state index >= 15 is 0 Å².